The Labute approximate surface area is 185 Å². The molecule has 1 saturated heterocycles. The third-order valence-corrected chi connectivity index (χ3v) is 6.47. The summed E-state index contributed by atoms with van der Waals surface area (Å²) in [5, 5.41) is 10.3. The molecule has 2 heterocycles. The van der Waals surface area contributed by atoms with E-state index in [0.717, 1.165) is 44.9 Å². The second-order valence-corrected chi connectivity index (χ2v) is 10.1. The van der Waals surface area contributed by atoms with Gasteiger partial charge in [0.2, 0.25) is 0 Å². The van der Waals surface area contributed by atoms with Crippen LogP contribution in [0.4, 0.5) is 0 Å². The maximum absolute atomic E-state index is 6.14. The highest BCUT2D eigenvalue weighted by molar-refractivity contribution is 7.09. The van der Waals surface area contributed by atoms with Gasteiger partial charge < -0.3 is 15.4 Å². The van der Waals surface area contributed by atoms with E-state index in [0.29, 0.717) is 5.92 Å². The first kappa shape index (κ1) is 22.8. The number of nitrogens with one attached hydrogen (secondary N) is 2. The molecule has 3 rings (SSSR count). The van der Waals surface area contributed by atoms with Gasteiger partial charge in [-0.05, 0) is 25.3 Å². The molecule has 2 aromatic rings. The highest BCUT2D eigenvalue weighted by atomic mass is 32.1. The number of guanidine groups is 1. The van der Waals surface area contributed by atoms with Crippen LogP contribution in [0.2, 0.25) is 0 Å². The van der Waals surface area contributed by atoms with E-state index in [1.165, 1.54) is 21.8 Å². The summed E-state index contributed by atoms with van der Waals surface area (Å²) in [6.45, 7) is 11.2. The number of rotatable bonds is 6. The van der Waals surface area contributed by atoms with Crippen molar-refractivity contribution in [3.8, 4) is 0 Å². The van der Waals surface area contributed by atoms with Crippen LogP contribution in [0.15, 0.2) is 34.6 Å². The average molecular weight is 429 g/mol. The summed E-state index contributed by atoms with van der Waals surface area (Å²) in [6.07, 6.45) is 3.33. The van der Waals surface area contributed by atoms with Gasteiger partial charge in [-0.15, -0.1) is 11.3 Å². The third kappa shape index (κ3) is 6.29. The zero-order valence-electron chi connectivity index (χ0n) is 19.0. The predicted molar refractivity (Wildman–Crippen MR) is 126 cm³/mol. The van der Waals surface area contributed by atoms with Crippen molar-refractivity contribution in [3.63, 3.8) is 0 Å². The van der Waals surface area contributed by atoms with Crippen LogP contribution in [-0.2, 0) is 16.6 Å². The Kier molecular flexibility index (Phi) is 7.89. The van der Waals surface area contributed by atoms with E-state index < -0.39 is 0 Å². The number of aromatic nitrogens is 1. The van der Waals surface area contributed by atoms with Crippen molar-refractivity contribution in [2.45, 2.75) is 58.5 Å². The number of benzene rings is 1. The summed E-state index contributed by atoms with van der Waals surface area (Å²) in [5.74, 6) is 1.28. The van der Waals surface area contributed by atoms with E-state index in [1.807, 2.05) is 7.05 Å². The van der Waals surface area contributed by atoms with Crippen LogP contribution in [0, 0.1) is 12.8 Å². The van der Waals surface area contributed by atoms with Gasteiger partial charge in [0.1, 0.15) is 0 Å². The van der Waals surface area contributed by atoms with Gasteiger partial charge in [-0.3, -0.25) is 4.99 Å². The minimum absolute atomic E-state index is 0.107. The van der Waals surface area contributed by atoms with Crippen molar-refractivity contribution in [1.82, 2.24) is 15.6 Å². The largest absolute Gasteiger partial charge is 0.373 e. The molecule has 0 spiro atoms. The Bertz CT molecular complexity index is 822. The van der Waals surface area contributed by atoms with Gasteiger partial charge in [0, 0.05) is 49.9 Å². The molecule has 5 nitrogen and oxygen atoms in total. The molecule has 164 valence electrons. The molecule has 0 aliphatic carbocycles. The SMILES string of the molecule is CN=C(NCCc1nc(C(C)(C)C)cs1)NCC1CCCOC1c1ccc(C)cc1. The first-order valence-corrected chi connectivity index (χ1v) is 11.8. The molecule has 2 unspecified atom stereocenters. The molecule has 0 radical (unpaired) electrons. The number of aryl methyl sites for hydroxylation is 1. The number of aliphatic imine (C=N–C) groups is 1. The molecule has 0 saturated carbocycles. The Morgan fingerprint density at radius 3 is 2.67 bits per heavy atom. The molecular formula is C24H36N4OS. The number of nitrogens with zero attached hydrogens (tertiary/aromatic N) is 2. The van der Waals surface area contributed by atoms with Crippen LogP contribution < -0.4 is 10.6 Å². The minimum atomic E-state index is 0.107. The first-order valence-electron chi connectivity index (χ1n) is 10.9. The monoisotopic (exact) mass is 428 g/mol. The van der Waals surface area contributed by atoms with Crippen molar-refractivity contribution in [2.75, 3.05) is 26.7 Å². The molecule has 30 heavy (non-hydrogen) atoms. The fourth-order valence-corrected chi connectivity index (χ4v) is 4.71. The molecule has 0 amide bonds. The van der Waals surface area contributed by atoms with E-state index in [2.05, 4.69) is 73.0 Å². The third-order valence-electron chi connectivity index (χ3n) is 5.56. The summed E-state index contributed by atoms with van der Waals surface area (Å²) < 4.78 is 6.14. The lowest BCUT2D eigenvalue weighted by Crippen LogP contribution is -2.42. The molecule has 0 bridgehead atoms. The number of hydrogen-bond donors (Lipinski definition) is 2. The standard InChI is InChI=1S/C24H36N4OS/c1-17-8-10-18(11-9-17)22-19(7-6-14-29-22)15-27-23(25-5)26-13-12-21-28-20(16-30-21)24(2,3)4/h8-11,16,19,22H,6-7,12-15H2,1-5H3,(H2,25,26,27). The van der Waals surface area contributed by atoms with Gasteiger partial charge in [-0.1, -0.05) is 50.6 Å². The topological polar surface area (TPSA) is 58.5 Å². The summed E-state index contributed by atoms with van der Waals surface area (Å²) in [5.41, 5.74) is 3.83. The van der Waals surface area contributed by atoms with E-state index in [-0.39, 0.29) is 11.5 Å². The van der Waals surface area contributed by atoms with E-state index in [9.17, 15) is 0 Å². The van der Waals surface area contributed by atoms with Crippen molar-refractivity contribution < 1.29 is 4.74 Å². The van der Waals surface area contributed by atoms with Gasteiger partial charge in [0.05, 0.1) is 16.8 Å². The van der Waals surface area contributed by atoms with Crippen molar-refractivity contribution in [1.29, 1.82) is 0 Å². The Morgan fingerprint density at radius 2 is 2.00 bits per heavy atom. The maximum Gasteiger partial charge on any atom is 0.191 e. The molecule has 6 heteroatoms. The second-order valence-electron chi connectivity index (χ2n) is 9.11. The second kappa shape index (κ2) is 10.4. The van der Waals surface area contributed by atoms with Crippen LogP contribution in [0.1, 0.15) is 61.5 Å². The zero-order valence-corrected chi connectivity index (χ0v) is 19.8. The van der Waals surface area contributed by atoms with Crippen LogP contribution in [0.25, 0.3) is 0 Å². The van der Waals surface area contributed by atoms with Crippen molar-refractivity contribution in [2.24, 2.45) is 10.9 Å². The lowest BCUT2D eigenvalue weighted by atomic mass is 9.89. The first-order chi connectivity index (χ1) is 14.4. The summed E-state index contributed by atoms with van der Waals surface area (Å²) in [7, 11) is 1.82. The van der Waals surface area contributed by atoms with E-state index >= 15 is 0 Å². The van der Waals surface area contributed by atoms with E-state index in [4.69, 9.17) is 9.72 Å². The van der Waals surface area contributed by atoms with Crippen LogP contribution in [-0.4, -0.2) is 37.7 Å². The van der Waals surface area contributed by atoms with Gasteiger partial charge in [0.15, 0.2) is 5.96 Å². The smallest absolute Gasteiger partial charge is 0.191 e. The maximum atomic E-state index is 6.14. The normalized spacial score (nSPS) is 20.2. The van der Waals surface area contributed by atoms with Gasteiger partial charge >= 0.3 is 0 Å². The Balaban J connectivity index is 1.49. The predicted octanol–water partition coefficient (Wildman–Crippen LogP) is 4.62. The summed E-state index contributed by atoms with van der Waals surface area (Å²) in [6, 6.07) is 8.74. The molecule has 2 atom stereocenters. The molecule has 1 aliphatic heterocycles. The summed E-state index contributed by atoms with van der Waals surface area (Å²) >= 11 is 1.74. The molecule has 2 N–H and O–H groups in total. The number of thiazole rings is 1. The molecule has 1 aromatic carbocycles. The Morgan fingerprint density at radius 1 is 1.23 bits per heavy atom. The lowest BCUT2D eigenvalue weighted by molar-refractivity contribution is -0.0265. The fraction of sp³-hybridized carbons (Fsp3) is 0.583. The van der Waals surface area contributed by atoms with E-state index in [1.54, 1.807) is 11.3 Å². The number of ether oxygens (including phenoxy) is 1. The van der Waals surface area contributed by atoms with Crippen LogP contribution in [0.5, 0.6) is 0 Å². The number of hydrogen-bond acceptors (Lipinski definition) is 4. The zero-order chi connectivity index (χ0) is 21.6. The summed E-state index contributed by atoms with van der Waals surface area (Å²) in [4.78, 5) is 9.17. The molecule has 1 aliphatic rings. The molecule has 1 fully saturated rings. The van der Waals surface area contributed by atoms with Crippen LogP contribution in [0.3, 0.4) is 0 Å². The van der Waals surface area contributed by atoms with Crippen molar-refractivity contribution in [3.05, 3.63) is 51.5 Å². The van der Waals surface area contributed by atoms with Gasteiger partial charge in [0.25, 0.3) is 0 Å². The highest BCUT2D eigenvalue weighted by Gasteiger charge is 2.27. The fourth-order valence-electron chi connectivity index (χ4n) is 3.68. The van der Waals surface area contributed by atoms with Crippen molar-refractivity contribution >= 4 is 17.3 Å². The van der Waals surface area contributed by atoms with Crippen LogP contribution >= 0.6 is 11.3 Å². The van der Waals surface area contributed by atoms with Gasteiger partial charge in [-0.2, -0.15) is 0 Å². The average Bonchev–Trinajstić information content (AvgIpc) is 3.21. The molecule has 1 aromatic heterocycles. The lowest BCUT2D eigenvalue weighted by Gasteiger charge is -2.32. The quantitative estimate of drug-likeness (QED) is 0.520. The molecular weight excluding hydrogens is 392 g/mol. The minimum Gasteiger partial charge on any atom is -0.373 e. The highest BCUT2D eigenvalue weighted by Crippen LogP contribution is 2.33. The van der Waals surface area contributed by atoms with Gasteiger partial charge in [-0.25, -0.2) is 4.98 Å². The Hall–Kier alpha value is -1.92.